The Morgan fingerprint density at radius 3 is 2.30 bits per heavy atom. The molecular weight excluding hydrogens is 412 g/mol. The summed E-state index contributed by atoms with van der Waals surface area (Å²) >= 11 is 5.87. The third-order valence-corrected chi connectivity index (χ3v) is 7.66. The van der Waals surface area contributed by atoms with Crippen LogP contribution in [0.5, 0.6) is 0 Å². The number of aryl methyl sites for hydroxylation is 1. The summed E-state index contributed by atoms with van der Waals surface area (Å²) in [5, 5.41) is 0.491. The van der Waals surface area contributed by atoms with E-state index in [1.165, 1.54) is 31.2 Å². The van der Waals surface area contributed by atoms with Crippen LogP contribution in [0.15, 0.2) is 47.4 Å². The van der Waals surface area contributed by atoms with Crippen molar-refractivity contribution >= 4 is 48.9 Å². The van der Waals surface area contributed by atoms with Crippen LogP contribution in [0.1, 0.15) is 12.5 Å². The zero-order valence-corrected chi connectivity index (χ0v) is 16.9. The number of sulfonamides is 2. The normalized spacial score (nSPS) is 19.3. The molecule has 27 heavy (non-hydrogen) atoms. The summed E-state index contributed by atoms with van der Waals surface area (Å²) in [6.45, 7) is 3.26. The van der Waals surface area contributed by atoms with Crippen LogP contribution < -0.4 is 9.03 Å². The van der Waals surface area contributed by atoms with E-state index >= 15 is 0 Å². The van der Waals surface area contributed by atoms with Crippen molar-refractivity contribution in [1.29, 1.82) is 0 Å². The van der Waals surface area contributed by atoms with Gasteiger partial charge < -0.3 is 0 Å². The van der Waals surface area contributed by atoms with E-state index in [1.807, 2.05) is 0 Å². The van der Waals surface area contributed by atoms with Crippen LogP contribution in [0.4, 0.5) is 11.4 Å². The van der Waals surface area contributed by atoms with Crippen molar-refractivity contribution in [3.63, 3.8) is 0 Å². The van der Waals surface area contributed by atoms with Gasteiger partial charge in [0.05, 0.1) is 27.9 Å². The predicted octanol–water partition coefficient (Wildman–Crippen LogP) is 2.76. The second-order valence-corrected chi connectivity index (χ2v) is 10.3. The first-order valence-electron chi connectivity index (χ1n) is 7.97. The number of carbonyl (C=O) groups is 1. The van der Waals surface area contributed by atoms with Gasteiger partial charge in [-0.2, -0.15) is 0 Å². The molecule has 1 saturated heterocycles. The summed E-state index contributed by atoms with van der Waals surface area (Å²) < 4.78 is 52.6. The minimum absolute atomic E-state index is 0.0577. The van der Waals surface area contributed by atoms with Crippen LogP contribution in [0.25, 0.3) is 0 Å². The largest absolute Gasteiger partial charge is 0.279 e. The van der Waals surface area contributed by atoms with E-state index in [-0.39, 0.29) is 16.3 Å². The molecule has 0 aromatic heterocycles. The molecule has 2 aromatic carbocycles. The molecule has 0 saturated carbocycles. The second-order valence-electron chi connectivity index (χ2n) is 6.34. The number of halogens is 1. The van der Waals surface area contributed by atoms with Crippen LogP contribution in [0.2, 0.25) is 5.02 Å². The Hall–Kier alpha value is -2.10. The fourth-order valence-electron chi connectivity index (χ4n) is 2.79. The number of amides is 1. The van der Waals surface area contributed by atoms with E-state index in [0.29, 0.717) is 16.3 Å². The number of hydrogen-bond donors (Lipinski definition) is 1. The number of carbonyl (C=O) groups excluding carboxylic acids is 1. The average molecular weight is 429 g/mol. The third-order valence-electron chi connectivity index (χ3n) is 4.17. The fraction of sp³-hybridized carbons (Fsp3) is 0.235. The minimum atomic E-state index is -3.89. The maximum atomic E-state index is 12.6. The van der Waals surface area contributed by atoms with E-state index in [0.717, 1.165) is 4.31 Å². The Labute approximate surface area is 163 Å². The lowest BCUT2D eigenvalue weighted by Gasteiger charge is -2.16. The smallest absolute Gasteiger partial charge is 0.261 e. The van der Waals surface area contributed by atoms with Gasteiger partial charge in [-0.15, -0.1) is 0 Å². The predicted molar refractivity (Wildman–Crippen MR) is 104 cm³/mol. The van der Waals surface area contributed by atoms with Gasteiger partial charge >= 0.3 is 0 Å². The van der Waals surface area contributed by atoms with Gasteiger partial charge in [-0.25, -0.2) is 21.1 Å². The van der Waals surface area contributed by atoms with Crippen molar-refractivity contribution in [2.45, 2.75) is 18.7 Å². The molecular formula is C17H17ClN2O5S2. The molecule has 1 amide bonds. The summed E-state index contributed by atoms with van der Waals surface area (Å²) in [5.74, 6) is -1.42. The van der Waals surface area contributed by atoms with Gasteiger partial charge in [0, 0.05) is 5.02 Å². The summed E-state index contributed by atoms with van der Waals surface area (Å²) in [6.07, 6.45) is 0. The van der Waals surface area contributed by atoms with Gasteiger partial charge in [0.2, 0.25) is 15.9 Å². The highest BCUT2D eigenvalue weighted by Crippen LogP contribution is 2.29. The number of benzene rings is 2. The Balaban J connectivity index is 1.89. The first-order chi connectivity index (χ1) is 12.5. The van der Waals surface area contributed by atoms with E-state index in [2.05, 4.69) is 4.72 Å². The summed E-state index contributed by atoms with van der Waals surface area (Å²) in [6, 6.07) is 9.88. The molecule has 1 heterocycles. The number of hydrogen-bond acceptors (Lipinski definition) is 5. The quantitative estimate of drug-likeness (QED) is 0.806. The van der Waals surface area contributed by atoms with Crippen molar-refractivity contribution in [3.8, 4) is 0 Å². The molecule has 10 heteroatoms. The molecule has 0 aliphatic carbocycles. The van der Waals surface area contributed by atoms with Crippen molar-refractivity contribution in [2.75, 3.05) is 14.8 Å². The molecule has 1 atom stereocenters. The molecule has 0 unspecified atom stereocenters. The highest BCUT2D eigenvalue weighted by atomic mass is 35.5. The zero-order chi connectivity index (χ0) is 20.0. The lowest BCUT2D eigenvalue weighted by atomic mass is 10.2. The van der Waals surface area contributed by atoms with E-state index in [1.54, 1.807) is 25.1 Å². The maximum Gasteiger partial charge on any atom is 0.261 e. The van der Waals surface area contributed by atoms with Crippen molar-refractivity contribution < 1.29 is 21.6 Å². The topological polar surface area (TPSA) is 101 Å². The summed E-state index contributed by atoms with van der Waals surface area (Å²) in [7, 11) is -7.63. The Bertz CT molecular complexity index is 1110. The highest BCUT2D eigenvalue weighted by molar-refractivity contribution is 7.94. The summed E-state index contributed by atoms with van der Waals surface area (Å²) in [4.78, 5) is 12.1. The first kappa shape index (κ1) is 19.7. The van der Waals surface area contributed by atoms with E-state index in [9.17, 15) is 21.6 Å². The zero-order valence-electron chi connectivity index (χ0n) is 14.5. The molecule has 1 fully saturated rings. The third kappa shape index (κ3) is 3.80. The van der Waals surface area contributed by atoms with Crippen molar-refractivity contribution in [1.82, 2.24) is 0 Å². The number of rotatable bonds is 4. The Morgan fingerprint density at radius 2 is 1.78 bits per heavy atom. The Kier molecular flexibility index (Phi) is 4.96. The van der Waals surface area contributed by atoms with Crippen molar-refractivity contribution in [2.24, 2.45) is 5.92 Å². The molecule has 0 radical (unpaired) electrons. The highest BCUT2D eigenvalue weighted by Gasteiger charge is 2.41. The molecule has 3 rings (SSSR count). The number of nitrogens with one attached hydrogen (secondary N) is 1. The van der Waals surface area contributed by atoms with Gasteiger partial charge in [-0.3, -0.25) is 9.52 Å². The van der Waals surface area contributed by atoms with Crippen molar-refractivity contribution in [3.05, 3.63) is 53.1 Å². The maximum absolute atomic E-state index is 12.6. The second kappa shape index (κ2) is 6.81. The molecule has 144 valence electrons. The summed E-state index contributed by atoms with van der Waals surface area (Å²) in [5.41, 5.74) is 1.16. The molecule has 0 spiro atoms. The molecule has 1 aliphatic heterocycles. The Morgan fingerprint density at radius 1 is 1.15 bits per heavy atom. The first-order valence-corrected chi connectivity index (χ1v) is 11.4. The lowest BCUT2D eigenvalue weighted by Crippen LogP contribution is -2.30. The van der Waals surface area contributed by atoms with Crippen LogP contribution in [-0.4, -0.2) is 28.5 Å². The van der Waals surface area contributed by atoms with Gasteiger partial charge in [0.1, 0.15) is 0 Å². The van der Waals surface area contributed by atoms with Crippen LogP contribution in [0, 0.1) is 12.8 Å². The monoisotopic (exact) mass is 428 g/mol. The van der Waals surface area contributed by atoms with Crippen LogP contribution in [0.3, 0.4) is 0 Å². The van der Waals surface area contributed by atoms with Gasteiger partial charge in [-0.05, 0) is 55.0 Å². The number of anilines is 2. The fourth-order valence-corrected chi connectivity index (χ4v) is 5.97. The van der Waals surface area contributed by atoms with Gasteiger partial charge in [0.25, 0.3) is 10.0 Å². The van der Waals surface area contributed by atoms with Crippen LogP contribution in [-0.2, 0) is 24.8 Å². The lowest BCUT2D eigenvalue weighted by molar-refractivity contribution is -0.119. The molecule has 7 nitrogen and oxygen atoms in total. The van der Waals surface area contributed by atoms with Crippen LogP contribution >= 0.6 is 11.6 Å². The van der Waals surface area contributed by atoms with E-state index in [4.69, 9.17) is 11.6 Å². The van der Waals surface area contributed by atoms with Gasteiger partial charge in [-0.1, -0.05) is 18.5 Å². The molecule has 1 N–H and O–H groups in total. The molecule has 2 aromatic rings. The molecule has 1 aliphatic rings. The van der Waals surface area contributed by atoms with E-state index < -0.39 is 31.9 Å². The molecule has 0 bridgehead atoms. The van der Waals surface area contributed by atoms with Gasteiger partial charge in [0.15, 0.2) is 0 Å². The average Bonchev–Trinajstić information content (AvgIpc) is 2.78. The number of nitrogens with zero attached hydrogens (tertiary/aromatic N) is 1. The standard InChI is InChI=1S/C17H17ClN2O5S2/c1-11-9-13(18)3-8-16(11)19-27(24,25)15-6-4-14(5-7-15)20-17(21)12(2)10-26(20,22)23/h3-9,12,19H,10H2,1-2H3/t12-/m0/s1. The minimum Gasteiger partial charge on any atom is -0.279 e. The SMILES string of the molecule is Cc1cc(Cl)ccc1NS(=O)(=O)c1ccc(N2C(=O)[C@@H](C)CS2(=O)=O)cc1.